The van der Waals surface area contributed by atoms with Crippen LogP contribution in [0.25, 0.3) is 22.8 Å². The van der Waals surface area contributed by atoms with Gasteiger partial charge in [0.15, 0.2) is 0 Å². The summed E-state index contributed by atoms with van der Waals surface area (Å²) in [4.78, 5) is 10.5. The zero-order valence-corrected chi connectivity index (χ0v) is 18.3. The van der Waals surface area contributed by atoms with Gasteiger partial charge in [-0.25, -0.2) is 0 Å². The van der Waals surface area contributed by atoms with Crippen molar-refractivity contribution < 1.29 is 9.53 Å². The van der Waals surface area contributed by atoms with Gasteiger partial charge in [0.2, 0.25) is 0 Å². The molecule has 8 heteroatoms. The van der Waals surface area contributed by atoms with Gasteiger partial charge in [-0.05, 0) is 11.1 Å². The SMILES string of the molecule is C1=Cc2ccc3c(c2[N-]C1)[N-]CC=C3.COC(=O)C[CH2][Sn]([Cl])([Cl])[Cl]. The molecule has 0 fully saturated rings. The van der Waals surface area contributed by atoms with Crippen LogP contribution >= 0.6 is 26.8 Å². The van der Waals surface area contributed by atoms with Crippen LogP contribution in [0.5, 0.6) is 0 Å². The van der Waals surface area contributed by atoms with Crippen molar-refractivity contribution in [2.75, 3.05) is 20.2 Å². The van der Waals surface area contributed by atoms with E-state index in [1.165, 1.54) is 18.2 Å². The first-order valence-electron chi connectivity index (χ1n) is 7.39. The summed E-state index contributed by atoms with van der Waals surface area (Å²) < 4.78 is 4.76. The van der Waals surface area contributed by atoms with Crippen LogP contribution in [0.4, 0.5) is 11.4 Å². The predicted molar refractivity (Wildman–Crippen MR) is 105 cm³/mol. The Balaban J connectivity index is 0.000000187. The molecule has 4 nitrogen and oxygen atoms in total. The summed E-state index contributed by atoms with van der Waals surface area (Å²) in [6.07, 6.45) is 8.62. The molecule has 1 aromatic carbocycles. The van der Waals surface area contributed by atoms with Gasteiger partial charge in [0.25, 0.3) is 0 Å². The molecule has 0 saturated heterocycles. The first-order valence-corrected chi connectivity index (χ1v) is 20.3. The molecule has 2 aliphatic heterocycles. The Morgan fingerprint density at radius 3 is 2.00 bits per heavy atom. The van der Waals surface area contributed by atoms with Crippen molar-refractivity contribution in [1.82, 2.24) is 0 Å². The van der Waals surface area contributed by atoms with E-state index in [1.807, 2.05) is 0 Å². The third kappa shape index (κ3) is 6.06. The van der Waals surface area contributed by atoms with E-state index in [9.17, 15) is 4.79 Å². The van der Waals surface area contributed by atoms with Crippen molar-refractivity contribution in [1.29, 1.82) is 0 Å². The molecule has 130 valence electrons. The molecule has 2 heterocycles. The maximum absolute atomic E-state index is 10.5. The van der Waals surface area contributed by atoms with Gasteiger partial charge in [-0.15, -0.1) is 36.6 Å². The van der Waals surface area contributed by atoms with Crippen LogP contribution in [0.15, 0.2) is 24.3 Å². The first kappa shape index (κ1) is 19.8. The van der Waals surface area contributed by atoms with Crippen molar-refractivity contribution in [3.05, 3.63) is 46.0 Å². The third-order valence-electron chi connectivity index (χ3n) is 3.36. The monoisotopic (exact) mass is 494 g/mol. The van der Waals surface area contributed by atoms with Gasteiger partial charge < -0.3 is 10.6 Å². The molecule has 2 aliphatic rings. The number of benzene rings is 1. The molecule has 0 bridgehead atoms. The van der Waals surface area contributed by atoms with Crippen LogP contribution in [0.3, 0.4) is 0 Å². The maximum atomic E-state index is 10.5. The molecule has 0 saturated carbocycles. The molecule has 0 aromatic heterocycles. The molecule has 0 amide bonds. The van der Waals surface area contributed by atoms with Crippen molar-refractivity contribution in [3.63, 3.8) is 0 Å². The van der Waals surface area contributed by atoms with Gasteiger partial charge in [-0.1, -0.05) is 24.3 Å². The van der Waals surface area contributed by atoms with Gasteiger partial charge in [0.05, 0.1) is 0 Å². The Morgan fingerprint density at radius 1 is 1.08 bits per heavy atom. The summed E-state index contributed by atoms with van der Waals surface area (Å²) in [5.41, 5.74) is 4.51. The van der Waals surface area contributed by atoms with E-state index in [1.54, 1.807) is 0 Å². The Bertz CT molecular complexity index is 616. The van der Waals surface area contributed by atoms with E-state index in [0.29, 0.717) is 4.44 Å². The summed E-state index contributed by atoms with van der Waals surface area (Å²) in [5, 5.41) is 8.98. The fourth-order valence-corrected chi connectivity index (χ4v) is 5.50. The second-order valence-electron chi connectivity index (χ2n) is 5.12. The van der Waals surface area contributed by atoms with E-state index >= 15 is 0 Å². The summed E-state index contributed by atoms with van der Waals surface area (Å²) in [5.74, 6) is -0.317. The van der Waals surface area contributed by atoms with Crippen LogP contribution in [-0.2, 0) is 9.53 Å². The normalized spacial score (nSPS) is 14.3. The van der Waals surface area contributed by atoms with E-state index in [0.717, 1.165) is 24.5 Å². The fourth-order valence-electron chi connectivity index (χ4n) is 2.21. The van der Waals surface area contributed by atoms with Crippen molar-refractivity contribution in [2.24, 2.45) is 0 Å². The number of carbonyl (C=O) groups excluding carboxylic acids is 1. The number of carbonyl (C=O) groups is 1. The fraction of sp³-hybridized carbons (Fsp3) is 0.312. The number of hydrogen-bond donors (Lipinski definition) is 0. The number of halogens is 3. The molecule has 24 heavy (non-hydrogen) atoms. The number of rotatable bonds is 3. The van der Waals surface area contributed by atoms with E-state index in [4.69, 9.17) is 26.8 Å². The number of methoxy groups -OCH3 is 1. The molecule has 0 radical (unpaired) electrons. The van der Waals surface area contributed by atoms with Crippen LogP contribution in [0, 0.1) is 0 Å². The van der Waals surface area contributed by atoms with Gasteiger partial charge in [0.1, 0.15) is 0 Å². The average molecular weight is 494 g/mol. The molecular weight excluding hydrogens is 477 g/mol. The zero-order chi connectivity index (χ0) is 17.6. The molecule has 1 aromatic rings. The minimum atomic E-state index is -3.27. The molecule has 3 rings (SSSR count). The van der Waals surface area contributed by atoms with E-state index < -0.39 is 15.0 Å². The van der Waals surface area contributed by atoms with Gasteiger partial charge in [-0.2, -0.15) is 0 Å². The molecule has 0 aliphatic carbocycles. The van der Waals surface area contributed by atoms with E-state index in [2.05, 4.69) is 51.8 Å². The Kier molecular flexibility index (Phi) is 7.59. The van der Waals surface area contributed by atoms with Gasteiger partial charge in [0, 0.05) is 0 Å². The summed E-state index contributed by atoms with van der Waals surface area (Å²) in [6.45, 7) is 1.56. The van der Waals surface area contributed by atoms with Crippen molar-refractivity contribution in [2.45, 2.75) is 10.9 Å². The number of esters is 1. The number of fused-ring (bicyclic) bond motifs is 3. The molecule has 0 spiro atoms. The first-order chi connectivity index (χ1) is 11.4. The summed E-state index contributed by atoms with van der Waals surface area (Å²) in [7, 11) is 18.0. The molecule has 0 atom stereocenters. The number of ether oxygens (including phenoxy) is 1. The average Bonchev–Trinajstić information content (AvgIpc) is 2.59. The molecule has 0 unspecified atom stereocenters. The Morgan fingerprint density at radius 2 is 1.58 bits per heavy atom. The second-order valence-corrected chi connectivity index (χ2v) is 26.9. The standard InChI is InChI=1S/C12H10N2.C4H7O2.3ClH.Sn/c1-3-9-5-6-10-4-2-8-14-12(10)11(9)13-7-1;1-3-4(5)6-2;;;;/h1-6H,7-8H2;1,3H2,2H3;3*1H;/q-2;;;;;+3/p-3. The Hall–Kier alpha value is -0.561. The molecular formula is C16H17Cl3N2O2Sn-2. The van der Waals surface area contributed by atoms with Gasteiger partial charge >= 0.3 is 75.2 Å². The number of nitrogens with zero attached hydrogens (tertiary/aromatic N) is 2. The van der Waals surface area contributed by atoms with E-state index in [-0.39, 0.29) is 12.4 Å². The quantitative estimate of drug-likeness (QED) is 0.385. The van der Waals surface area contributed by atoms with Gasteiger partial charge in [-0.3, -0.25) is 0 Å². The zero-order valence-electron chi connectivity index (χ0n) is 13.1. The van der Waals surface area contributed by atoms with Crippen molar-refractivity contribution >= 4 is 71.3 Å². The number of hydrogen-bond acceptors (Lipinski definition) is 2. The Labute approximate surface area is 157 Å². The summed E-state index contributed by atoms with van der Waals surface area (Å²) >= 11 is -3.27. The van der Waals surface area contributed by atoms with Crippen LogP contribution in [-0.4, -0.2) is 41.2 Å². The topological polar surface area (TPSA) is 54.5 Å². The third-order valence-corrected chi connectivity index (χ3v) is 9.49. The van der Waals surface area contributed by atoms with Crippen LogP contribution in [0.2, 0.25) is 4.44 Å². The second kappa shape index (κ2) is 9.22. The summed E-state index contributed by atoms with van der Waals surface area (Å²) in [6, 6.07) is 4.22. The van der Waals surface area contributed by atoms with Crippen LogP contribution in [0.1, 0.15) is 17.5 Å². The van der Waals surface area contributed by atoms with Crippen molar-refractivity contribution in [3.8, 4) is 0 Å². The minimum absolute atomic E-state index is 0.225. The predicted octanol–water partition coefficient (Wildman–Crippen LogP) is 5.96. The van der Waals surface area contributed by atoms with Crippen LogP contribution < -0.4 is 0 Å². The molecule has 0 N–H and O–H groups in total.